The standard InChI is InChI=1S/C16H24/c1-2-4-10-7-8-13-14-9-15(16(10)13)12-6-3-5-11(12)14/h3,5,10-16H,2,4,6-9H2,1H3. The average molecular weight is 216 g/mol. The van der Waals surface area contributed by atoms with Gasteiger partial charge in [-0.15, -0.1) is 0 Å². The second-order valence-corrected chi connectivity index (χ2v) is 6.84. The van der Waals surface area contributed by atoms with Gasteiger partial charge in [0, 0.05) is 0 Å². The van der Waals surface area contributed by atoms with Crippen LogP contribution in [-0.4, -0.2) is 0 Å². The monoisotopic (exact) mass is 216 g/mol. The smallest absolute Gasteiger partial charge is 0.0168 e. The normalized spacial score (nSPS) is 56.9. The highest BCUT2D eigenvalue weighted by Gasteiger charge is 2.60. The largest absolute Gasteiger partial charge is 0.0879 e. The molecule has 0 aromatic heterocycles. The second kappa shape index (κ2) is 3.37. The molecule has 0 heterocycles. The average Bonchev–Trinajstić information content (AvgIpc) is 2.94. The predicted octanol–water partition coefficient (Wildman–Crippen LogP) is 4.27. The molecule has 0 heteroatoms. The van der Waals surface area contributed by atoms with Crippen LogP contribution in [0.15, 0.2) is 12.2 Å². The Morgan fingerprint density at radius 1 is 1.06 bits per heavy atom. The zero-order valence-corrected chi connectivity index (χ0v) is 10.4. The fourth-order valence-electron chi connectivity index (χ4n) is 6.18. The molecule has 7 atom stereocenters. The van der Waals surface area contributed by atoms with Gasteiger partial charge in [-0.2, -0.15) is 0 Å². The van der Waals surface area contributed by atoms with Crippen LogP contribution in [0, 0.1) is 41.4 Å². The van der Waals surface area contributed by atoms with E-state index in [4.69, 9.17) is 0 Å². The third-order valence-electron chi connectivity index (χ3n) is 6.46. The van der Waals surface area contributed by atoms with Crippen molar-refractivity contribution in [3.8, 4) is 0 Å². The Hall–Kier alpha value is -0.260. The molecule has 0 N–H and O–H groups in total. The molecule has 0 amide bonds. The highest BCUT2D eigenvalue weighted by atomic mass is 14.6. The van der Waals surface area contributed by atoms with E-state index in [1.807, 2.05) is 0 Å². The Morgan fingerprint density at radius 2 is 2.00 bits per heavy atom. The summed E-state index contributed by atoms with van der Waals surface area (Å²) < 4.78 is 0. The Kier molecular flexibility index (Phi) is 2.05. The van der Waals surface area contributed by atoms with E-state index in [-0.39, 0.29) is 0 Å². The van der Waals surface area contributed by atoms with E-state index in [9.17, 15) is 0 Å². The van der Waals surface area contributed by atoms with Crippen molar-refractivity contribution in [1.82, 2.24) is 0 Å². The SMILES string of the molecule is CCCC1CCC2C3CC(C4CC=CC34)C12. The molecule has 16 heavy (non-hydrogen) atoms. The first-order valence-corrected chi connectivity index (χ1v) is 7.56. The Labute approximate surface area is 99.5 Å². The van der Waals surface area contributed by atoms with Gasteiger partial charge in [-0.05, 0) is 67.1 Å². The quantitative estimate of drug-likeness (QED) is 0.605. The summed E-state index contributed by atoms with van der Waals surface area (Å²) in [6.07, 6.45) is 14.2. The van der Waals surface area contributed by atoms with Crippen LogP contribution in [0.2, 0.25) is 0 Å². The van der Waals surface area contributed by atoms with E-state index in [0.717, 1.165) is 41.4 Å². The minimum absolute atomic E-state index is 1.02. The Bertz CT molecular complexity index is 316. The molecule has 4 rings (SSSR count). The van der Waals surface area contributed by atoms with Crippen molar-refractivity contribution in [2.75, 3.05) is 0 Å². The van der Waals surface area contributed by atoms with E-state index in [2.05, 4.69) is 19.1 Å². The maximum atomic E-state index is 2.58. The van der Waals surface area contributed by atoms with Crippen LogP contribution in [0.4, 0.5) is 0 Å². The Morgan fingerprint density at radius 3 is 2.88 bits per heavy atom. The molecule has 3 saturated carbocycles. The lowest BCUT2D eigenvalue weighted by atomic mass is 9.68. The lowest BCUT2D eigenvalue weighted by Gasteiger charge is -2.36. The molecule has 0 spiro atoms. The maximum Gasteiger partial charge on any atom is -0.0168 e. The summed E-state index contributed by atoms with van der Waals surface area (Å²) in [7, 11) is 0. The molecular formula is C16H24. The lowest BCUT2D eigenvalue weighted by Crippen LogP contribution is -2.32. The van der Waals surface area contributed by atoms with E-state index in [1.165, 1.54) is 19.3 Å². The highest BCUT2D eigenvalue weighted by Crippen LogP contribution is 2.67. The van der Waals surface area contributed by atoms with Crippen molar-refractivity contribution in [2.45, 2.75) is 45.4 Å². The summed E-state index contributed by atoms with van der Waals surface area (Å²) in [5, 5.41) is 0. The minimum atomic E-state index is 1.02. The summed E-state index contributed by atoms with van der Waals surface area (Å²) in [5.74, 6) is 7.77. The van der Waals surface area contributed by atoms with E-state index >= 15 is 0 Å². The van der Waals surface area contributed by atoms with Crippen molar-refractivity contribution in [3.05, 3.63) is 12.2 Å². The molecule has 4 aliphatic rings. The number of rotatable bonds is 2. The van der Waals surface area contributed by atoms with Crippen LogP contribution in [-0.2, 0) is 0 Å². The fraction of sp³-hybridized carbons (Fsp3) is 0.875. The molecule has 0 aliphatic heterocycles. The molecular weight excluding hydrogens is 192 g/mol. The predicted molar refractivity (Wildman–Crippen MR) is 66.9 cm³/mol. The van der Waals surface area contributed by atoms with Gasteiger partial charge in [-0.3, -0.25) is 0 Å². The zero-order valence-electron chi connectivity index (χ0n) is 10.4. The third kappa shape index (κ3) is 1.07. The third-order valence-corrected chi connectivity index (χ3v) is 6.46. The molecule has 0 radical (unpaired) electrons. The van der Waals surface area contributed by atoms with Gasteiger partial charge in [0.2, 0.25) is 0 Å². The highest BCUT2D eigenvalue weighted by molar-refractivity contribution is 5.17. The molecule has 0 nitrogen and oxygen atoms in total. The van der Waals surface area contributed by atoms with Gasteiger partial charge >= 0.3 is 0 Å². The number of allylic oxidation sites excluding steroid dienone is 2. The number of fused-ring (bicyclic) bond motifs is 8. The first kappa shape index (κ1) is 9.74. The van der Waals surface area contributed by atoms with Crippen LogP contribution < -0.4 is 0 Å². The first-order valence-electron chi connectivity index (χ1n) is 7.56. The van der Waals surface area contributed by atoms with Crippen molar-refractivity contribution in [3.63, 3.8) is 0 Å². The molecule has 0 aromatic carbocycles. The fourth-order valence-corrected chi connectivity index (χ4v) is 6.18. The van der Waals surface area contributed by atoms with Gasteiger partial charge in [0.05, 0.1) is 0 Å². The van der Waals surface area contributed by atoms with Gasteiger partial charge in [0.15, 0.2) is 0 Å². The van der Waals surface area contributed by atoms with Crippen LogP contribution in [0.3, 0.4) is 0 Å². The molecule has 4 aliphatic carbocycles. The maximum absolute atomic E-state index is 2.58. The second-order valence-electron chi connectivity index (χ2n) is 6.84. The van der Waals surface area contributed by atoms with Crippen molar-refractivity contribution < 1.29 is 0 Å². The minimum Gasteiger partial charge on any atom is -0.0879 e. The summed E-state index contributed by atoms with van der Waals surface area (Å²) >= 11 is 0. The summed E-state index contributed by atoms with van der Waals surface area (Å²) in [6, 6.07) is 0. The zero-order chi connectivity index (χ0) is 10.7. The van der Waals surface area contributed by atoms with Gasteiger partial charge in [0.1, 0.15) is 0 Å². The van der Waals surface area contributed by atoms with E-state index in [0.29, 0.717) is 0 Å². The van der Waals surface area contributed by atoms with Crippen LogP contribution in [0.25, 0.3) is 0 Å². The topological polar surface area (TPSA) is 0 Å². The molecule has 0 aromatic rings. The number of hydrogen-bond donors (Lipinski definition) is 0. The summed E-state index contributed by atoms with van der Waals surface area (Å²) in [4.78, 5) is 0. The molecule has 7 unspecified atom stereocenters. The molecule has 88 valence electrons. The van der Waals surface area contributed by atoms with Gasteiger partial charge in [0.25, 0.3) is 0 Å². The molecule has 2 bridgehead atoms. The summed E-state index contributed by atoms with van der Waals surface area (Å²) in [6.45, 7) is 2.38. The van der Waals surface area contributed by atoms with Gasteiger partial charge in [-0.25, -0.2) is 0 Å². The van der Waals surface area contributed by atoms with Crippen LogP contribution in [0.1, 0.15) is 45.4 Å². The van der Waals surface area contributed by atoms with Crippen LogP contribution >= 0.6 is 0 Å². The van der Waals surface area contributed by atoms with Crippen molar-refractivity contribution in [2.24, 2.45) is 41.4 Å². The van der Waals surface area contributed by atoms with Crippen LogP contribution in [0.5, 0.6) is 0 Å². The molecule has 0 saturated heterocycles. The Balaban J connectivity index is 1.62. The summed E-state index contributed by atoms with van der Waals surface area (Å²) in [5.41, 5.74) is 0. The molecule has 3 fully saturated rings. The van der Waals surface area contributed by atoms with Crippen molar-refractivity contribution in [1.29, 1.82) is 0 Å². The van der Waals surface area contributed by atoms with E-state index < -0.39 is 0 Å². The van der Waals surface area contributed by atoms with Gasteiger partial charge in [-0.1, -0.05) is 31.9 Å². The van der Waals surface area contributed by atoms with E-state index in [1.54, 1.807) is 19.3 Å². The lowest BCUT2D eigenvalue weighted by molar-refractivity contribution is 0.123. The first-order chi connectivity index (χ1) is 7.90. The van der Waals surface area contributed by atoms with Gasteiger partial charge < -0.3 is 0 Å². The number of hydrogen-bond acceptors (Lipinski definition) is 0. The van der Waals surface area contributed by atoms with Crippen molar-refractivity contribution >= 4 is 0 Å².